The first-order chi connectivity index (χ1) is 7.95. The maximum absolute atomic E-state index is 11.5. The Morgan fingerprint density at radius 1 is 1.24 bits per heavy atom. The molecule has 0 radical (unpaired) electrons. The van der Waals surface area contributed by atoms with E-state index in [1.54, 1.807) is 0 Å². The number of carboxylic acid groups (broad SMARTS) is 1. The molecule has 0 bridgehead atoms. The number of nitrogens with one attached hydrogen (secondary N) is 1. The normalized spacial score (nSPS) is 11.8. The zero-order valence-corrected chi connectivity index (χ0v) is 8.62. The van der Waals surface area contributed by atoms with Gasteiger partial charge in [0, 0.05) is 5.56 Å². The van der Waals surface area contributed by atoms with Crippen molar-refractivity contribution < 1.29 is 30.0 Å². The van der Waals surface area contributed by atoms with Gasteiger partial charge in [-0.05, 0) is 18.2 Å². The first kappa shape index (κ1) is 12.8. The molecule has 0 heterocycles. The third-order valence-electron chi connectivity index (χ3n) is 2.02. The zero-order valence-electron chi connectivity index (χ0n) is 8.62. The van der Waals surface area contributed by atoms with E-state index in [0.29, 0.717) is 0 Å². The van der Waals surface area contributed by atoms with E-state index in [1.165, 1.54) is 6.07 Å². The summed E-state index contributed by atoms with van der Waals surface area (Å²) >= 11 is 0. The van der Waals surface area contributed by atoms with Gasteiger partial charge in [0.05, 0.1) is 6.61 Å². The number of phenols is 2. The topological polar surface area (TPSA) is 127 Å². The smallest absolute Gasteiger partial charge is 0.328 e. The minimum absolute atomic E-state index is 0.0278. The Morgan fingerprint density at radius 2 is 1.88 bits per heavy atom. The summed E-state index contributed by atoms with van der Waals surface area (Å²) in [6, 6.07) is 1.87. The maximum Gasteiger partial charge on any atom is 0.328 e. The predicted molar refractivity (Wildman–Crippen MR) is 55.7 cm³/mol. The van der Waals surface area contributed by atoms with Crippen molar-refractivity contribution >= 4 is 11.9 Å². The Morgan fingerprint density at radius 3 is 2.35 bits per heavy atom. The van der Waals surface area contributed by atoms with E-state index in [4.69, 9.17) is 20.4 Å². The highest BCUT2D eigenvalue weighted by molar-refractivity contribution is 5.97. The summed E-state index contributed by atoms with van der Waals surface area (Å²) in [7, 11) is 0. The molecular formula is C10H11NO6. The van der Waals surface area contributed by atoms with E-state index in [1.807, 2.05) is 5.32 Å². The fourth-order valence-electron chi connectivity index (χ4n) is 1.09. The van der Waals surface area contributed by atoms with Crippen LogP contribution in [-0.2, 0) is 4.79 Å². The molecule has 1 rings (SSSR count). The second-order valence-corrected chi connectivity index (χ2v) is 3.25. The average molecular weight is 241 g/mol. The predicted octanol–water partition coefficient (Wildman–Crippen LogP) is -0.727. The van der Waals surface area contributed by atoms with Gasteiger partial charge in [-0.15, -0.1) is 0 Å². The largest absolute Gasteiger partial charge is 0.504 e. The second kappa shape index (κ2) is 5.17. The van der Waals surface area contributed by atoms with Gasteiger partial charge in [-0.1, -0.05) is 0 Å². The lowest BCUT2D eigenvalue weighted by molar-refractivity contribution is -0.140. The molecule has 1 aromatic rings. The molecule has 1 atom stereocenters. The number of aliphatic hydroxyl groups is 1. The minimum atomic E-state index is -1.42. The fourth-order valence-corrected chi connectivity index (χ4v) is 1.09. The van der Waals surface area contributed by atoms with E-state index in [0.717, 1.165) is 12.1 Å². The Balaban J connectivity index is 2.82. The number of carbonyl (C=O) groups excluding carboxylic acids is 1. The number of phenolic OH excluding ortho intramolecular Hbond substituents is 2. The van der Waals surface area contributed by atoms with Gasteiger partial charge in [-0.2, -0.15) is 0 Å². The van der Waals surface area contributed by atoms with Gasteiger partial charge in [0.25, 0.3) is 5.91 Å². The van der Waals surface area contributed by atoms with Gasteiger partial charge < -0.3 is 25.7 Å². The molecular weight excluding hydrogens is 230 g/mol. The summed E-state index contributed by atoms with van der Waals surface area (Å²) in [5.41, 5.74) is -0.0278. The Hall–Kier alpha value is -2.28. The standard InChI is InChI=1S/C10H11NO6/c12-4-6(10(16)17)11-9(15)5-1-2-7(13)8(14)3-5/h1-3,6,12-14H,4H2,(H,11,15)(H,16,17)/t6-/m0/s1. The number of rotatable bonds is 4. The Labute approximate surface area is 95.9 Å². The number of carbonyl (C=O) groups is 2. The molecule has 5 N–H and O–H groups in total. The first-order valence-electron chi connectivity index (χ1n) is 4.62. The van der Waals surface area contributed by atoms with Crippen LogP contribution in [0.2, 0.25) is 0 Å². The van der Waals surface area contributed by atoms with Crippen LogP contribution >= 0.6 is 0 Å². The van der Waals surface area contributed by atoms with Crippen LogP contribution in [0.15, 0.2) is 18.2 Å². The molecule has 0 aliphatic heterocycles. The lowest BCUT2D eigenvalue weighted by Crippen LogP contribution is -2.43. The molecule has 1 aromatic carbocycles. The third kappa shape index (κ3) is 3.08. The van der Waals surface area contributed by atoms with Crippen molar-refractivity contribution in [2.75, 3.05) is 6.61 Å². The van der Waals surface area contributed by atoms with Crippen LogP contribution in [0.5, 0.6) is 11.5 Å². The molecule has 0 saturated carbocycles. The molecule has 7 heteroatoms. The van der Waals surface area contributed by atoms with Crippen molar-refractivity contribution in [2.45, 2.75) is 6.04 Å². The van der Waals surface area contributed by atoms with Gasteiger partial charge in [-0.3, -0.25) is 4.79 Å². The molecule has 7 nitrogen and oxygen atoms in total. The van der Waals surface area contributed by atoms with Crippen LogP contribution in [0.4, 0.5) is 0 Å². The fraction of sp³-hybridized carbons (Fsp3) is 0.200. The number of aliphatic carboxylic acids is 1. The maximum atomic E-state index is 11.5. The zero-order chi connectivity index (χ0) is 13.0. The van der Waals surface area contributed by atoms with E-state index in [2.05, 4.69) is 0 Å². The van der Waals surface area contributed by atoms with Crippen LogP contribution in [-0.4, -0.2) is 45.0 Å². The van der Waals surface area contributed by atoms with Crippen LogP contribution in [0, 0.1) is 0 Å². The highest BCUT2D eigenvalue weighted by atomic mass is 16.4. The summed E-state index contributed by atoms with van der Waals surface area (Å²) in [5, 5.41) is 37.5. The highest BCUT2D eigenvalue weighted by Gasteiger charge is 2.19. The second-order valence-electron chi connectivity index (χ2n) is 3.25. The van der Waals surface area contributed by atoms with E-state index in [-0.39, 0.29) is 5.56 Å². The van der Waals surface area contributed by atoms with Gasteiger partial charge in [-0.25, -0.2) is 4.79 Å². The average Bonchev–Trinajstić information content (AvgIpc) is 2.28. The number of amides is 1. The van der Waals surface area contributed by atoms with Gasteiger partial charge in [0.1, 0.15) is 0 Å². The molecule has 1 amide bonds. The lowest BCUT2D eigenvalue weighted by atomic mass is 10.1. The molecule has 0 saturated heterocycles. The number of aromatic hydroxyl groups is 2. The van der Waals surface area contributed by atoms with E-state index in [9.17, 15) is 9.59 Å². The Kier molecular flexibility index (Phi) is 3.89. The third-order valence-corrected chi connectivity index (χ3v) is 2.02. The number of aliphatic hydroxyl groups excluding tert-OH is 1. The van der Waals surface area contributed by atoms with Crippen LogP contribution in [0.3, 0.4) is 0 Å². The molecule has 17 heavy (non-hydrogen) atoms. The van der Waals surface area contributed by atoms with Gasteiger partial charge >= 0.3 is 5.97 Å². The quantitative estimate of drug-likeness (QED) is 0.442. The lowest BCUT2D eigenvalue weighted by Gasteiger charge is -2.11. The van der Waals surface area contributed by atoms with Crippen LogP contribution < -0.4 is 5.32 Å². The van der Waals surface area contributed by atoms with Crippen LogP contribution in [0.25, 0.3) is 0 Å². The number of hydrogen-bond donors (Lipinski definition) is 5. The summed E-state index contributed by atoms with van der Waals surface area (Å²) < 4.78 is 0. The van der Waals surface area contributed by atoms with Gasteiger partial charge in [0.2, 0.25) is 0 Å². The summed E-state index contributed by atoms with van der Waals surface area (Å²) in [4.78, 5) is 22.1. The van der Waals surface area contributed by atoms with E-state index >= 15 is 0 Å². The molecule has 0 spiro atoms. The minimum Gasteiger partial charge on any atom is -0.504 e. The van der Waals surface area contributed by atoms with E-state index < -0.39 is 36.0 Å². The molecule has 92 valence electrons. The highest BCUT2D eigenvalue weighted by Crippen LogP contribution is 2.24. The molecule has 0 fully saturated rings. The summed E-state index contributed by atoms with van der Waals surface area (Å²) in [5.74, 6) is -3.03. The summed E-state index contributed by atoms with van der Waals surface area (Å²) in [6.07, 6.45) is 0. The van der Waals surface area contributed by atoms with Crippen molar-refractivity contribution in [3.8, 4) is 11.5 Å². The Bertz CT molecular complexity index is 444. The summed E-state index contributed by atoms with van der Waals surface area (Å²) in [6.45, 7) is -0.745. The number of carboxylic acids is 1. The molecule has 0 aliphatic rings. The van der Waals surface area contributed by atoms with Crippen molar-refractivity contribution in [1.29, 1.82) is 0 Å². The SMILES string of the molecule is O=C(N[C@@H](CO)C(=O)O)c1ccc(O)c(O)c1. The van der Waals surface area contributed by atoms with Crippen molar-refractivity contribution in [3.05, 3.63) is 23.8 Å². The molecule has 0 aromatic heterocycles. The van der Waals surface area contributed by atoms with Crippen LogP contribution in [0.1, 0.15) is 10.4 Å². The monoisotopic (exact) mass is 241 g/mol. The van der Waals surface area contributed by atoms with Crippen molar-refractivity contribution in [3.63, 3.8) is 0 Å². The molecule has 0 unspecified atom stereocenters. The number of hydrogen-bond acceptors (Lipinski definition) is 5. The van der Waals surface area contributed by atoms with Gasteiger partial charge in [0.15, 0.2) is 17.5 Å². The van der Waals surface area contributed by atoms with Crippen molar-refractivity contribution in [2.24, 2.45) is 0 Å². The van der Waals surface area contributed by atoms with Crippen molar-refractivity contribution in [1.82, 2.24) is 5.32 Å². The number of benzene rings is 1. The first-order valence-corrected chi connectivity index (χ1v) is 4.62. The molecule has 0 aliphatic carbocycles.